The molecular formula is C20H20N2O6. The van der Waals surface area contributed by atoms with Crippen LogP contribution in [0, 0.1) is 26.1 Å². The standard InChI is InChI=1S/C20H20N2O6/c23-19-13-7-3-1-5-11(13)9-15(21(25)26)17(19)18-16(22(27)28)10-12-6-2-4-8-14(12)20(18)24/h1,3,5,7-9,12,16,18,20,23-24H,2,4,6,10H2. The third kappa shape index (κ3) is 2.80. The van der Waals surface area contributed by atoms with Crippen LogP contribution in [0.2, 0.25) is 0 Å². The number of nitro groups is 2. The van der Waals surface area contributed by atoms with Gasteiger partial charge in [-0.05, 0) is 36.1 Å². The Morgan fingerprint density at radius 3 is 2.61 bits per heavy atom. The van der Waals surface area contributed by atoms with Crippen LogP contribution in [0.15, 0.2) is 42.0 Å². The van der Waals surface area contributed by atoms with E-state index in [-0.39, 0.29) is 23.7 Å². The Bertz CT molecular complexity index is 1000. The highest BCUT2D eigenvalue weighted by Crippen LogP contribution is 2.50. The van der Waals surface area contributed by atoms with E-state index in [0.717, 1.165) is 19.3 Å². The van der Waals surface area contributed by atoms with Crippen molar-refractivity contribution in [3.8, 4) is 5.75 Å². The molecule has 2 aliphatic rings. The van der Waals surface area contributed by atoms with Gasteiger partial charge in [0.1, 0.15) is 5.75 Å². The lowest BCUT2D eigenvalue weighted by Crippen LogP contribution is -2.45. The number of aliphatic hydroxyl groups is 1. The summed E-state index contributed by atoms with van der Waals surface area (Å²) in [5.41, 5.74) is 0.154. The van der Waals surface area contributed by atoms with E-state index in [0.29, 0.717) is 16.3 Å². The SMILES string of the molecule is O=[N+]([O-])c1cc2ccccc2c(O)c1C1C(O)C2=CCCCC2CC1[N+](=O)[O-]. The number of rotatable bonds is 3. The van der Waals surface area contributed by atoms with Crippen LogP contribution < -0.4 is 0 Å². The van der Waals surface area contributed by atoms with E-state index in [1.807, 2.05) is 6.08 Å². The molecule has 2 aromatic carbocycles. The van der Waals surface area contributed by atoms with Gasteiger partial charge in [-0.2, -0.15) is 0 Å². The molecule has 0 spiro atoms. The number of phenols is 1. The molecular weight excluding hydrogens is 364 g/mol. The lowest BCUT2D eigenvalue weighted by Gasteiger charge is -2.39. The summed E-state index contributed by atoms with van der Waals surface area (Å²) in [7, 11) is 0. The fourth-order valence-corrected chi connectivity index (χ4v) is 4.82. The number of phenolic OH excluding ortho intramolecular Hbond substituents is 1. The summed E-state index contributed by atoms with van der Waals surface area (Å²) in [6.45, 7) is 0. The van der Waals surface area contributed by atoms with Gasteiger partial charge in [-0.3, -0.25) is 20.2 Å². The zero-order chi connectivity index (χ0) is 20.0. The largest absolute Gasteiger partial charge is 0.507 e. The molecule has 4 rings (SSSR count). The van der Waals surface area contributed by atoms with Crippen molar-refractivity contribution in [2.75, 3.05) is 0 Å². The summed E-state index contributed by atoms with van der Waals surface area (Å²) < 4.78 is 0. The molecule has 0 bridgehead atoms. The van der Waals surface area contributed by atoms with Gasteiger partial charge in [0.2, 0.25) is 6.04 Å². The smallest absolute Gasteiger partial charge is 0.277 e. The van der Waals surface area contributed by atoms with Crippen LogP contribution in [0.25, 0.3) is 10.8 Å². The Labute approximate surface area is 160 Å². The number of aliphatic hydroxyl groups excluding tert-OH is 1. The summed E-state index contributed by atoms with van der Waals surface area (Å²) >= 11 is 0. The summed E-state index contributed by atoms with van der Waals surface area (Å²) in [4.78, 5) is 22.5. The van der Waals surface area contributed by atoms with Crippen molar-refractivity contribution >= 4 is 16.5 Å². The molecule has 0 radical (unpaired) electrons. The van der Waals surface area contributed by atoms with Crippen LogP contribution in [0.4, 0.5) is 5.69 Å². The van der Waals surface area contributed by atoms with Crippen LogP contribution in [0.1, 0.15) is 37.2 Å². The molecule has 4 unspecified atom stereocenters. The van der Waals surface area contributed by atoms with Gasteiger partial charge in [-0.1, -0.05) is 30.3 Å². The van der Waals surface area contributed by atoms with E-state index in [1.54, 1.807) is 24.3 Å². The van der Waals surface area contributed by atoms with Crippen molar-refractivity contribution in [2.24, 2.45) is 5.92 Å². The fraction of sp³-hybridized carbons (Fsp3) is 0.400. The highest BCUT2D eigenvalue weighted by atomic mass is 16.6. The molecule has 28 heavy (non-hydrogen) atoms. The lowest BCUT2D eigenvalue weighted by atomic mass is 9.67. The Balaban J connectivity index is 1.97. The molecule has 0 heterocycles. The van der Waals surface area contributed by atoms with Crippen LogP contribution >= 0.6 is 0 Å². The molecule has 8 nitrogen and oxygen atoms in total. The number of aromatic hydroxyl groups is 1. The topological polar surface area (TPSA) is 127 Å². The van der Waals surface area contributed by atoms with Crippen molar-refractivity contribution in [3.05, 3.63) is 67.8 Å². The summed E-state index contributed by atoms with van der Waals surface area (Å²) in [6.07, 6.45) is 3.28. The molecule has 1 saturated carbocycles. The number of nitro benzene ring substituents is 1. The number of nitrogens with zero attached hydrogens (tertiary/aromatic N) is 2. The lowest BCUT2D eigenvalue weighted by molar-refractivity contribution is -0.533. The molecule has 0 aromatic heterocycles. The van der Waals surface area contributed by atoms with Crippen LogP contribution in [0.5, 0.6) is 5.75 Å². The predicted molar refractivity (Wildman–Crippen MR) is 102 cm³/mol. The number of hydrogen-bond acceptors (Lipinski definition) is 6. The molecule has 2 N–H and O–H groups in total. The van der Waals surface area contributed by atoms with Gasteiger partial charge < -0.3 is 10.2 Å². The Kier molecular flexibility index (Phi) is 4.50. The van der Waals surface area contributed by atoms with E-state index in [2.05, 4.69) is 0 Å². The van der Waals surface area contributed by atoms with E-state index in [1.165, 1.54) is 6.07 Å². The minimum Gasteiger partial charge on any atom is -0.507 e. The van der Waals surface area contributed by atoms with E-state index < -0.39 is 33.6 Å². The third-order valence-corrected chi connectivity index (χ3v) is 6.07. The normalized spacial score (nSPS) is 27.1. The second-order valence-electron chi connectivity index (χ2n) is 7.53. The summed E-state index contributed by atoms with van der Waals surface area (Å²) in [5, 5.41) is 46.4. The first kappa shape index (κ1) is 18.4. The molecule has 8 heteroatoms. The van der Waals surface area contributed by atoms with Gasteiger partial charge in [0, 0.05) is 22.8 Å². The van der Waals surface area contributed by atoms with Crippen molar-refractivity contribution in [3.63, 3.8) is 0 Å². The molecule has 146 valence electrons. The van der Waals surface area contributed by atoms with Crippen LogP contribution in [-0.2, 0) is 0 Å². The number of hydrogen-bond donors (Lipinski definition) is 2. The average molecular weight is 384 g/mol. The highest BCUT2D eigenvalue weighted by Gasteiger charge is 2.51. The monoisotopic (exact) mass is 384 g/mol. The van der Waals surface area contributed by atoms with Gasteiger partial charge >= 0.3 is 0 Å². The molecule has 4 atom stereocenters. The van der Waals surface area contributed by atoms with E-state index in [4.69, 9.17) is 0 Å². The maximum atomic E-state index is 11.8. The zero-order valence-corrected chi connectivity index (χ0v) is 15.0. The molecule has 0 saturated heterocycles. The second-order valence-corrected chi connectivity index (χ2v) is 7.53. The van der Waals surface area contributed by atoms with Gasteiger partial charge in [0.25, 0.3) is 5.69 Å². The van der Waals surface area contributed by atoms with Gasteiger partial charge in [0.05, 0.1) is 22.5 Å². The summed E-state index contributed by atoms with van der Waals surface area (Å²) in [5.74, 6) is -1.65. The number of allylic oxidation sites excluding steroid dienone is 1. The van der Waals surface area contributed by atoms with Gasteiger partial charge in [-0.15, -0.1) is 0 Å². The Hall–Kier alpha value is -3.00. The molecule has 0 aliphatic heterocycles. The van der Waals surface area contributed by atoms with Crippen LogP contribution in [-0.4, -0.2) is 32.2 Å². The minimum atomic E-state index is -1.24. The molecule has 1 fully saturated rings. The maximum Gasteiger partial charge on any atom is 0.277 e. The first-order chi connectivity index (χ1) is 13.4. The first-order valence-electron chi connectivity index (χ1n) is 9.30. The van der Waals surface area contributed by atoms with Crippen LogP contribution in [0.3, 0.4) is 0 Å². The van der Waals surface area contributed by atoms with Crippen molar-refractivity contribution in [2.45, 2.75) is 43.7 Å². The highest BCUT2D eigenvalue weighted by molar-refractivity contribution is 5.92. The van der Waals surface area contributed by atoms with Gasteiger partial charge in [0.15, 0.2) is 0 Å². The third-order valence-electron chi connectivity index (χ3n) is 6.07. The second kappa shape index (κ2) is 6.87. The predicted octanol–water partition coefficient (Wildman–Crippen LogP) is 3.67. The maximum absolute atomic E-state index is 11.8. The van der Waals surface area contributed by atoms with E-state index in [9.17, 15) is 30.4 Å². The first-order valence-corrected chi connectivity index (χ1v) is 9.30. The van der Waals surface area contributed by atoms with Gasteiger partial charge in [-0.25, -0.2) is 0 Å². The van der Waals surface area contributed by atoms with Crippen molar-refractivity contribution < 1.29 is 20.1 Å². The molecule has 0 amide bonds. The fourth-order valence-electron chi connectivity index (χ4n) is 4.82. The quantitative estimate of drug-likeness (QED) is 0.472. The molecule has 2 aromatic rings. The molecule has 2 aliphatic carbocycles. The summed E-state index contributed by atoms with van der Waals surface area (Å²) in [6, 6.07) is 6.72. The Morgan fingerprint density at radius 2 is 1.89 bits per heavy atom. The average Bonchev–Trinajstić information content (AvgIpc) is 2.68. The zero-order valence-electron chi connectivity index (χ0n) is 15.0. The van der Waals surface area contributed by atoms with Crippen molar-refractivity contribution in [1.29, 1.82) is 0 Å². The number of benzene rings is 2. The number of fused-ring (bicyclic) bond motifs is 2. The van der Waals surface area contributed by atoms with E-state index >= 15 is 0 Å². The van der Waals surface area contributed by atoms with Crippen molar-refractivity contribution in [1.82, 2.24) is 0 Å². The Morgan fingerprint density at radius 1 is 1.14 bits per heavy atom. The minimum absolute atomic E-state index is 0.0999.